The third-order valence-electron chi connectivity index (χ3n) is 5.42. The lowest BCUT2D eigenvalue weighted by molar-refractivity contribution is -0.136. The van der Waals surface area contributed by atoms with Crippen molar-refractivity contribution in [3.05, 3.63) is 82.7 Å². The van der Waals surface area contributed by atoms with E-state index in [1.165, 1.54) is 0 Å². The molecule has 1 amide bonds. The van der Waals surface area contributed by atoms with Crippen molar-refractivity contribution in [1.82, 2.24) is 4.98 Å². The number of pyridine rings is 1. The average Bonchev–Trinajstić information content (AvgIpc) is 3.12. The number of anilines is 1. The number of nitrogens with zero attached hydrogens (tertiary/aromatic N) is 2. The van der Waals surface area contributed by atoms with Gasteiger partial charge in [0.25, 0.3) is 5.91 Å². The molecule has 0 aliphatic carbocycles. The molecule has 1 aliphatic rings. The van der Waals surface area contributed by atoms with Gasteiger partial charge in [0.05, 0.1) is 6.42 Å². The summed E-state index contributed by atoms with van der Waals surface area (Å²) in [6.07, 6.45) is 2.25. The number of carboxylic acids is 1. The summed E-state index contributed by atoms with van der Waals surface area (Å²) in [4.78, 5) is 30.5. The van der Waals surface area contributed by atoms with Crippen molar-refractivity contribution >= 4 is 17.6 Å². The number of hydrogen-bond acceptors (Lipinski definition) is 3. The second-order valence-corrected chi connectivity index (χ2v) is 7.40. The van der Waals surface area contributed by atoms with E-state index in [4.69, 9.17) is 0 Å². The summed E-state index contributed by atoms with van der Waals surface area (Å²) in [6.45, 7) is 4.49. The number of aryl methyl sites for hydroxylation is 2. The topological polar surface area (TPSA) is 70.5 Å². The molecule has 5 heteroatoms. The Labute approximate surface area is 169 Å². The number of carboxylic acid groups (broad SMARTS) is 1. The minimum atomic E-state index is -0.860. The Morgan fingerprint density at radius 2 is 1.86 bits per heavy atom. The Balaban J connectivity index is 1.87. The van der Waals surface area contributed by atoms with Gasteiger partial charge in [-0.25, -0.2) is 0 Å². The first-order valence-electron chi connectivity index (χ1n) is 9.63. The summed E-state index contributed by atoms with van der Waals surface area (Å²) >= 11 is 0. The lowest BCUT2D eigenvalue weighted by Gasteiger charge is -2.21. The molecule has 0 fully saturated rings. The van der Waals surface area contributed by atoms with Gasteiger partial charge in [0.2, 0.25) is 0 Å². The highest BCUT2D eigenvalue weighted by atomic mass is 16.4. The summed E-state index contributed by atoms with van der Waals surface area (Å²) in [5.74, 6) is -0.995. The summed E-state index contributed by atoms with van der Waals surface area (Å²) < 4.78 is 0. The van der Waals surface area contributed by atoms with E-state index in [1.54, 1.807) is 29.3 Å². The summed E-state index contributed by atoms with van der Waals surface area (Å²) in [6, 6.07) is 15.4. The van der Waals surface area contributed by atoms with Crippen LogP contribution in [0.25, 0.3) is 11.1 Å². The quantitative estimate of drug-likeness (QED) is 0.730. The second-order valence-electron chi connectivity index (χ2n) is 7.40. The zero-order chi connectivity index (χ0) is 20.5. The van der Waals surface area contributed by atoms with E-state index in [2.05, 4.69) is 4.98 Å². The molecule has 0 atom stereocenters. The maximum Gasteiger partial charge on any atom is 0.307 e. The van der Waals surface area contributed by atoms with Crippen LogP contribution in [0.2, 0.25) is 0 Å². The summed E-state index contributed by atoms with van der Waals surface area (Å²) in [7, 11) is 0. The van der Waals surface area contributed by atoms with Crippen LogP contribution < -0.4 is 4.90 Å². The molecule has 2 heterocycles. The molecule has 2 aromatic carbocycles. The molecule has 1 aliphatic heterocycles. The number of hydrogen-bond donors (Lipinski definition) is 1. The first-order valence-corrected chi connectivity index (χ1v) is 9.63. The number of carbonyl (C=O) groups excluding carboxylic acids is 1. The fraction of sp³-hybridized carbons (Fsp3) is 0.208. The molecule has 0 spiro atoms. The molecule has 0 saturated heterocycles. The van der Waals surface area contributed by atoms with Crippen molar-refractivity contribution in [3.63, 3.8) is 0 Å². The highest BCUT2D eigenvalue weighted by molar-refractivity contribution is 6.07. The van der Waals surface area contributed by atoms with E-state index in [9.17, 15) is 14.7 Å². The smallest absolute Gasteiger partial charge is 0.307 e. The maximum atomic E-state index is 13.0. The van der Waals surface area contributed by atoms with Gasteiger partial charge >= 0.3 is 5.97 Å². The molecule has 0 saturated carbocycles. The van der Waals surface area contributed by atoms with Gasteiger partial charge in [-0.15, -0.1) is 0 Å². The molecule has 0 unspecified atom stereocenters. The predicted molar refractivity (Wildman–Crippen MR) is 112 cm³/mol. The minimum Gasteiger partial charge on any atom is -0.481 e. The molecule has 4 rings (SSSR count). The van der Waals surface area contributed by atoms with Crippen LogP contribution in [0.5, 0.6) is 0 Å². The number of aromatic nitrogens is 1. The Kier molecular flexibility index (Phi) is 4.89. The molecule has 3 aromatic rings. The SMILES string of the molecule is Cc1ccc(-c2c(CC(=O)O)c(C)cc3c2CCN3C(=O)c2ccccn2)cc1. The maximum absolute atomic E-state index is 13.0. The van der Waals surface area contributed by atoms with Gasteiger partial charge in [0, 0.05) is 18.4 Å². The van der Waals surface area contributed by atoms with Crippen LogP contribution in [0.3, 0.4) is 0 Å². The van der Waals surface area contributed by atoms with E-state index in [1.807, 2.05) is 44.2 Å². The molecule has 0 bridgehead atoms. The molecular formula is C24H22N2O3. The molecule has 146 valence electrons. The molecule has 1 aromatic heterocycles. The Hall–Kier alpha value is -3.47. The zero-order valence-electron chi connectivity index (χ0n) is 16.5. The van der Waals surface area contributed by atoms with Gasteiger partial charge in [-0.1, -0.05) is 35.9 Å². The van der Waals surface area contributed by atoms with Gasteiger partial charge in [-0.05, 0) is 66.3 Å². The van der Waals surface area contributed by atoms with Crippen molar-refractivity contribution in [2.24, 2.45) is 0 Å². The van der Waals surface area contributed by atoms with Crippen molar-refractivity contribution < 1.29 is 14.7 Å². The largest absolute Gasteiger partial charge is 0.481 e. The van der Waals surface area contributed by atoms with E-state index < -0.39 is 5.97 Å². The molecule has 1 N–H and O–H groups in total. The lowest BCUT2D eigenvalue weighted by atomic mass is 9.88. The van der Waals surface area contributed by atoms with Crippen LogP contribution in [0, 0.1) is 13.8 Å². The van der Waals surface area contributed by atoms with Gasteiger partial charge < -0.3 is 10.0 Å². The number of carbonyl (C=O) groups is 2. The Morgan fingerprint density at radius 3 is 2.52 bits per heavy atom. The standard InChI is InChI=1S/C24H22N2O3/c1-15-6-8-17(9-7-15)23-18-10-12-26(24(29)20-5-3-4-11-25-20)21(18)13-16(2)19(23)14-22(27)28/h3-9,11,13H,10,12,14H2,1-2H3,(H,27,28). The van der Waals surface area contributed by atoms with Gasteiger partial charge in [-0.3, -0.25) is 14.6 Å². The number of benzene rings is 2. The summed E-state index contributed by atoms with van der Waals surface area (Å²) in [5, 5.41) is 9.47. The van der Waals surface area contributed by atoms with Crippen LogP contribution in [0.1, 0.15) is 32.7 Å². The van der Waals surface area contributed by atoms with Crippen molar-refractivity contribution in [2.75, 3.05) is 11.4 Å². The number of amides is 1. The molecular weight excluding hydrogens is 364 g/mol. The van der Waals surface area contributed by atoms with Gasteiger partial charge in [0.15, 0.2) is 0 Å². The monoisotopic (exact) mass is 386 g/mol. The zero-order valence-corrected chi connectivity index (χ0v) is 16.5. The van der Waals surface area contributed by atoms with Gasteiger partial charge in [-0.2, -0.15) is 0 Å². The van der Waals surface area contributed by atoms with E-state index in [0.717, 1.165) is 39.1 Å². The van der Waals surface area contributed by atoms with Crippen LogP contribution in [-0.2, 0) is 17.6 Å². The van der Waals surface area contributed by atoms with Crippen LogP contribution in [0.4, 0.5) is 5.69 Å². The number of aliphatic carboxylic acids is 1. The number of fused-ring (bicyclic) bond motifs is 1. The van der Waals surface area contributed by atoms with E-state index in [-0.39, 0.29) is 12.3 Å². The van der Waals surface area contributed by atoms with Crippen molar-refractivity contribution in [1.29, 1.82) is 0 Å². The Morgan fingerprint density at radius 1 is 1.10 bits per heavy atom. The highest BCUT2D eigenvalue weighted by Crippen LogP contribution is 2.41. The lowest BCUT2D eigenvalue weighted by Crippen LogP contribution is -2.29. The first kappa shape index (κ1) is 18.9. The summed E-state index contributed by atoms with van der Waals surface area (Å²) in [5.41, 5.74) is 7.05. The molecule has 0 radical (unpaired) electrons. The molecule has 29 heavy (non-hydrogen) atoms. The average molecular weight is 386 g/mol. The predicted octanol–water partition coefficient (Wildman–Crippen LogP) is 4.20. The van der Waals surface area contributed by atoms with E-state index >= 15 is 0 Å². The third-order valence-corrected chi connectivity index (χ3v) is 5.42. The van der Waals surface area contributed by atoms with Crippen LogP contribution >= 0.6 is 0 Å². The normalized spacial score (nSPS) is 12.7. The van der Waals surface area contributed by atoms with Crippen molar-refractivity contribution in [2.45, 2.75) is 26.7 Å². The third kappa shape index (κ3) is 3.51. The fourth-order valence-corrected chi connectivity index (χ4v) is 4.01. The van der Waals surface area contributed by atoms with E-state index in [0.29, 0.717) is 18.7 Å². The van der Waals surface area contributed by atoms with Crippen LogP contribution in [0.15, 0.2) is 54.7 Å². The van der Waals surface area contributed by atoms with Gasteiger partial charge in [0.1, 0.15) is 5.69 Å². The molecule has 5 nitrogen and oxygen atoms in total. The Bertz CT molecular complexity index is 1090. The van der Waals surface area contributed by atoms with Crippen molar-refractivity contribution in [3.8, 4) is 11.1 Å². The highest BCUT2D eigenvalue weighted by Gasteiger charge is 2.31. The number of rotatable bonds is 4. The fourth-order valence-electron chi connectivity index (χ4n) is 4.01. The minimum absolute atomic E-state index is 0.0451. The first-order chi connectivity index (χ1) is 14.0. The second kappa shape index (κ2) is 7.51. The van der Waals surface area contributed by atoms with Crippen LogP contribution in [-0.4, -0.2) is 28.5 Å².